The molecule has 0 aliphatic heterocycles. The average molecular weight is 401 g/mol. The molecule has 0 saturated carbocycles. The Morgan fingerprint density at radius 2 is 2.03 bits per heavy atom. The summed E-state index contributed by atoms with van der Waals surface area (Å²) in [6, 6.07) is 5.61. The molecule has 0 fully saturated rings. The minimum Gasteiger partial charge on any atom is -0.481 e. The third-order valence-electron chi connectivity index (χ3n) is 4.90. The number of aromatic nitrogens is 8. The summed E-state index contributed by atoms with van der Waals surface area (Å²) in [6.07, 6.45) is 8.97. The van der Waals surface area contributed by atoms with Crippen molar-refractivity contribution >= 4 is 17.0 Å². The number of imidazole rings is 1. The van der Waals surface area contributed by atoms with Crippen molar-refractivity contribution < 1.29 is 4.74 Å². The molecular weight excluding hydrogens is 382 g/mol. The molecule has 0 aliphatic rings. The molecule has 0 aromatic carbocycles. The van der Waals surface area contributed by atoms with E-state index >= 15 is 0 Å². The molecule has 30 heavy (non-hydrogen) atoms. The molecule has 0 saturated heterocycles. The monoisotopic (exact) mass is 401 g/mol. The number of aryl methyl sites for hydroxylation is 2. The van der Waals surface area contributed by atoms with Crippen molar-refractivity contribution in [1.29, 1.82) is 0 Å². The van der Waals surface area contributed by atoms with Crippen LogP contribution < -0.4 is 10.1 Å². The van der Waals surface area contributed by atoms with E-state index in [0.29, 0.717) is 23.3 Å². The summed E-state index contributed by atoms with van der Waals surface area (Å²) in [4.78, 5) is 13.4. The molecule has 0 aliphatic carbocycles. The zero-order valence-electron chi connectivity index (χ0n) is 16.7. The van der Waals surface area contributed by atoms with E-state index in [-0.39, 0.29) is 0 Å². The SMILES string of the molecule is COc1ccc(Nc2nc(-c3nccn3C)nn3cc(-c4ccn[nH]4)c(C)c23)cn1. The van der Waals surface area contributed by atoms with Crippen molar-refractivity contribution in [3.05, 3.63) is 54.7 Å². The number of methoxy groups -OCH3 is 1. The van der Waals surface area contributed by atoms with Crippen LogP contribution in [0.4, 0.5) is 11.5 Å². The number of hydrogen-bond donors (Lipinski definition) is 2. The Morgan fingerprint density at radius 3 is 2.70 bits per heavy atom. The second kappa shape index (κ2) is 6.99. The molecule has 5 heterocycles. The molecular formula is C20H19N9O. The molecule has 0 bridgehead atoms. The fraction of sp³-hybridized carbons (Fsp3) is 0.150. The maximum atomic E-state index is 5.15. The summed E-state index contributed by atoms with van der Waals surface area (Å²) >= 11 is 0. The number of nitrogens with zero attached hydrogens (tertiary/aromatic N) is 7. The molecule has 5 aromatic rings. The Hall–Kier alpha value is -4.21. The summed E-state index contributed by atoms with van der Waals surface area (Å²) in [5.41, 5.74) is 4.57. The number of pyridine rings is 1. The summed E-state index contributed by atoms with van der Waals surface area (Å²) in [7, 11) is 3.50. The van der Waals surface area contributed by atoms with Crippen LogP contribution in [-0.4, -0.2) is 46.4 Å². The quantitative estimate of drug-likeness (QED) is 0.466. The fourth-order valence-corrected chi connectivity index (χ4v) is 3.38. The lowest BCUT2D eigenvalue weighted by Gasteiger charge is -2.11. The highest BCUT2D eigenvalue weighted by Gasteiger charge is 2.19. The van der Waals surface area contributed by atoms with Crippen molar-refractivity contribution in [3.8, 4) is 28.8 Å². The number of anilines is 2. The van der Waals surface area contributed by atoms with Crippen LogP contribution in [0.2, 0.25) is 0 Å². The first kappa shape index (κ1) is 17.9. The third kappa shape index (κ3) is 2.94. The minimum atomic E-state index is 0.505. The third-order valence-corrected chi connectivity index (χ3v) is 4.90. The van der Waals surface area contributed by atoms with Crippen molar-refractivity contribution in [2.75, 3.05) is 12.4 Å². The number of hydrogen-bond acceptors (Lipinski definition) is 7. The summed E-state index contributed by atoms with van der Waals surface area (Å²) in [5.74, 6) is 2.37. The largest absolute Gasteiger partial charge is 0.481 e. The Balaban J connectivity index is 1.70. The van der Waals surface area contributed by atoms with Crippen LogP contribution >= 0.6 is 0 Å². The van der Waals surface area contributed by atoms with Gasteiger partial charge in [0.1, 0.15) is 5.52 Å². The molecule has 0 amide bonds. The van der Waals surface area contributed by atoms with Gasteiger partial charge in [-0.05, 0) is 24.6 Å². The normalized spacial score (nSPS) is 11.2. The molecule has 150 valence electrons. The summed E-state index contributed by atoms with van der Waals surface area (Å²) in [6.45, 7) is 2.03. The summed E-state index contributed by atoms with van der Waals surface area (Å²) in [5, 5.41) is 15.2. The van der Waals surface area contributed by atoms with E-state index in [1.165, 1.54) is 0 Å². The Morgan fingerprint density at radius 1 is 1.13 bits per heavy atom. The number of rotatable bonds is 5. The highest BCUT2D eigenvalue weighted by molar-refractivity contribution is 5.84. The Bertz CT molecular complexity index is 1320. The number of nitrogens with one attached hydrogen (secondary N) is 2. The van der Waals surface area contributed by atoms with E-state index < -0.39 is 0 Å². The van der Waals surface area contributed by atoms with Crippen molar-refractivity contribution in [2.24, 2.45) is 7.05 Å². The topological polar surface area (TPSA) is 111 Å². The predicted octanol–water partition coefficient (Wildman–Crippen LogP) is 2.98. The molecule has 0 atom stereocenters. The first-order valence-corrected chi connectivity index (χ1v) is 9.28. The Labute approximate surface area is 171 Å². The van der Waals surface area contributed by atoms with E-state index in [9.17, 15) is 0 Å². The van der Waals surface area contributed by atoms with Crippen LogP contribution in [0, 0.1) is 6.92 Å². The van der Waals surface area contributed by atoms with E-state index in [0.717, 1.165) is 28.0 Å². The second-order valence-electron chi connectivity index (χ2n) is 6.79. The van der Waals surface area contributed by atoms with Gasteiger partial charge in [-0.3, -0.25) is 5.10 Å². The van der Waals surface area contributed by atoms with Gasteiger partial charge >= 0.3 is 0 Å². The highest BCUT2D eigenvalue weighted by Crippen LogP contribution is 2.32. The average Bonchev–Trinajstić information content (AvgIpc) is 3.49. The fourth-order valence-electron chi connectivity index (χ4n) is 3.38. The lowest BCUT2D eigenvalue weighted by atomic mass is 10.1. The molecule has 0 radical (unpaired) electrons. The molecule has 5 aromatic heterocycles. The lowest BCUT2D eigenvalue weighted by molar-refractivity contribution is 0.398. The standard InChI is InChI=1S/C20H19N9O/c1-12-14(15-6-7-23-26-15)11-29-17(12)18(24-13-4-5-16(30-3)22-10-13)25-19(27-29)20-21-8-9-28(20)2/h4-11H,1-3H3,(H,23,26)(H,24,25,27). The maximum absolute atomic E-state index is 5.15. The van der Waals surface area contributed by atoms with E-state index in [1.807, 2.05) is 47.6 Å². The van der Waals surface area contributed by atoms with Gasteiger partial charge in [-0.25, -0.2) is 19.5 Å². The van der Waals surface area contributed by atoms with Crippen LogP contribution in [0.3, 0.4) is 0 Å². The predicted molar refractivity (Wildman–Crippen MR) is 112 cm³/mol. The number of H-pyrrole nitrogens is 1. The van der Waals surface area contributed by atoms with Crippen LogP contribution in [0.25, 0.3) is 28.4 Å². The van der Waals surface area contributed by atoms with Gasteiger partial charge in [0.15, 0.2) is 11.6 Å². The molecule has 10 heteroatoms. The van der Waals surface area contributed by atoms with E-state index in [1.54, 1.807) is 31.8 Å². The zero-order chi connectivity index (χ0) is 20.7. The number of ether oxygens (including phenoxy) is 1. The van der Waals surface area contributed by atoms with Crippen LogP contribution in [0.15, 0.2) is 49.2 Å². The van der Waals surface area contributed by atoms with Gasteiger partial charge in [0, 0.05) is 43.5 Å². The Kier molecular flexibility index (Phi) is 4.16. The van der Waals surface area contributed by atoms with Gasteiger partial charge in [0.25, 0.3) is 0 Å². The van der Waals surface area contributed by atoms with E-state index in [4.69, 9.17) is 14.8 Å². The van der Waals surface area contributed by atoms with Gasteiger partial charge < -0.3 is 14.6 Å². The molecule has 0 spiro atoms. The van der Waals surface area contributed by atoms with Gasteiger partial charge in [0.2, 0.25) is 11.7 Å². The van der Waals surface area contributed by atoms with Crippen molar-refractivity contribution in [3.63, 3.8) is 0 Å². The molecule has 0 unspecified atom stereocenters. The number of fused-ring (bicyclic) bond motifs is 1. The van der Waals surface area contributed by atoms with Crippen molar-refractivity contribution in [1.82, 2.24) is 39.3 Å². The van der Waals surface area contributed by atoms with Gasteiger partial charge in [-0.2, -0.15) is 5.10 Å². The molecule has 2 N–H and O–H groups in total. The smallest absolute Gasteiger partial charge is 0.218 e. The maximum Gasteiger partial charge on any atom is 0.218 e. The lowest BCUT2D eigenvalue weighted by Crippen LogP contribution is -2.06. The second-order valence-corrected chi connectivity index (χ2v) is 6.79. The van der Waals surface area contributed by atoms with Gasteiger partial charge in [-0.1, -0.05) is 0 Å². The van der Waals surface area contributed by atoms with Crippen molar-refractivity contribution in [2.45, 2.75) is 6.92 Å². The minimum absolute atomic E-state index is 0.505. The molecule has 10 nitrogen and oxygen atoms in total. The number of aromatic amines is 1. The highest BCUT2D eigenvalue weighted by atomic mass is 16.5. The summed E-state index contributed by atoms with van der Waals surface area (Å²) < 4.78 is 8.85. The zero-order valence-corrected chi connectivity index (χ0v) is 16.7. The molecule has 5 rings (SSSR count). The van der Waals surface area contributed by atoms with Crippen LogP contribution in [0.1, 0.15) is 5.56 Å². The van der Waals surface area contributed by atoms with Gasteiger partial charge in [-0.15, -0.1) is 5.10 Å². The van der Waals surface area contributed by atoms with Crippen LogP contribution in [0.5, 0.6) is 5.88 Å². The first-order chi connectivity index (χ1) is 14.6. The van der Waals surface area contributed by atoms with Crippen LogP contribution in [-0.2, 0) is 7.05 Å². The van der Waals surface area contributed by atoms with Gasteiger partial charge in [0.05, 0.1) is 24.7 Å². The first-order valence-electron chi connectivity index (χ1n) is 9.28. The van der Waals surface area contributed by atoms with E-state index in [2.05, 4.69) is 25.5 Å².